The molecule has 1 saturated heterocycles. The zero-order valence-electron chi connectivity index (χ0n) is 19.9. The van der Waals surface area contributed by atoms with Crippen molar-refractivity contribution in [3.63, 3.8) is 0 Å². The molecule has 0 atom stereocenters. The molecule has 3 heterocycles. The number of rotatable bonds is 6. The van der Waals surface area contributed by atoms with Crippen LogP contribution in [-0.4, -0.2) is 63.8 Å². The smallest absolute Gasteiger partial charge is 0.244 e. The molecule has 7 nitrogen and oxygen atoms in total. The topological polar surface area (TPSA) is 63.5 Å². The van der Waals surface area contributed by atoms with Crippen molar-refractivity contribution in [2.75, 3.05) is 33.3 Å². The molecule has 1 aliphatic rings. The molecule has 0 spiro atoms. The van der Waals surface area contributed by atoms with Crippen molar-refractivity contribution in [1.82, 2.24) is 24.6 Å². The molecule has 1 aliphatic heterocycles. The first-order valence-corrected chi connectivity index (χ1v) is 11.7. The molecule has 0 aliphatic carbocycles. The second-order valence-corrected chi connectivity index (χ2v) is 8.78. The molecule has 180 valence electrons. The number of pyridine rings is 1. The Kier molecular flexibility index (Phi) is 6.46. The summed E-state index contributed by atoms with van der Waals surface area (Å²) in [6.45, 7) is 5.26. The van der Waals surface area contributed by atoms with Gasteiger partial charge in [0, 0.05) is 49.9 Å². The standard InChI is InChI=1S/C27H28FN5O2/c1-19-26-23(20-7-9-22(35-2)10-8-20)11-12-29-27(26)33(30-19)18-25(34)32-15-13-31(14-16-32)17-21-5-3-4-6-24(21)28/h3-12H,13-18H2,1-2H3. The Morgan fingerprint density at radius 3 is 2.49 bits per heavy atom. The van der Waals surface area contributed by atoms with Crippen LogP contribution < -0.4 is 4.74 Å². The second-order valence-electron chi connectivity index (χ2n) is 8.78. The van der Waals surface area contributed by atoms with Crippen LogP contribution in [0.4, 0.5) is 4.39 Å². The zero-order valence-corrected chi connectivity index (χ0v) is 19.9. The van der Waals surface area contributed by atoms with E-state index in [2.05, 4.69) is 15.0 Å². The largest absolute Gasteiger partial charge is 0.497 e. The first kappa shape index (κ1) is 23.0. The van der Waals surface area contributed by atoms with E-state index in [-0.39, 0.29) is 18.3 Å². The van der Waals surface area contributed by atoms with Crippen LogP contribution in [0.25, 0.3) is 22.2 Å². The van der Waals surface area contributed by atoms with Gasteiger partial charge in [-0.2, -0.15) is 5.10 Å². The third kappa shape index (κ3) is 4.74. The summed E-state index contributed by atoms with van der Waals surface area (Å²) in [7, 11) is 1.65. The van der Waals surface area contributed by atoms with E-state index in [0.29, 0.717) is 43.9 Å². The molecule has 4 aromatic rings. The minimum atomic E-state index is -0.187. The predicted octanol–water partition coefficient (Wildman–Crippen LogP) is 3.90. The third-order valence-corrected chi connectivity index (χ3v) is 6.57. The number of amides is 1. The Balaban J connectivity index is 1.28. The van der Waals surface area contributed by atoms with E-state index in [0.717, 1.165) is 28.0 Å². The van der Waals surface area contributed by atoms with Crippen molar-refractivity contribution < 1.29 is 13.9 Å². The Morgan fingerprint density at radius 1 is 1.03 bits per heavy atom. The molecule has 8 heteroatoms. The predicted molar refractivity (Wildman–Crippen MR) is 133 cm³/mol. The number of aryl methyl sites for hydroxylation is 1. The monoisotopic (exact) mass is 473 g/mol. The molecule has 0 bridgehead atoms. The Bertz CT molecular complexity index is 1340. The molecule has 0 saturated carbocycles. The summed E-state index contributed by atoms with van der Waals surface area (Å²) < 4.78 is 21.0. The lowest BCUT2D eigenvalue weighted by atomic mass is 10.0. The van der Waals surface area contributed by atoms with Gasteiger partial charge in [-0.15, -0.1) is 0 Å². The summed E-state index contributed by atoms with van der Waals surface area (Å²) in [5.74, 6) is 0.621. The number of benzene rings is 2. The van der Waals surface area contributed by atoms with Gasteiger partial charge in [0.1, 0.15) is 18.1 Å². The summed E-state index contributed by atoms with van der Waals surface area (Å²) in [6, 6.07) is 16.7. The van der Waals surface area contributed by atoms with Gasteiger partial charge in [-0.3, -0.25) is 9.69 Å². The lowest BCUT2D eigenvalue weighted by Crippen LogP contribution is -2.49. The normalized spacial score (nSPS) is 14.4. The van der Waals surface area contributed by atoms with Gasteiger partial charge in [-0.25, -0.2) is 14.1 Å². The highest BCUT2D eigenvalue weighted by molar-refractivity contribution is 5.95. The number of ether oxygens (including phenoxy) is 1. The highest BCUT2D eigenvalue weighted by Gasteiger charge is 2.23. The highest BCUT2D eigenvalue weighted by atomic mass is 19.1. The SMILES string of the molecule is COc1ccc(-c2ccnc3c2c(C)nn3CC(=O)N2CCN(Cc3ccccc3F)CC2)cc1. The van der Waals surface area contributed by atoms with Crippen LogP contribution in [0.5, 0.6) is 5.75 Å². The number of nitrogens with zero attached hydrogens (tertiary/aromatic N) is 5. The number of piperazine rings is 1. The van der Waals surface area contributed by atoms with Crippen molar-refractivity contribution in [2.24, 2.45) is 0 Å². The maximum absolute atomic E-state index is 14.0. The van der Waals surface area contributed by atoms with Gasteiger partial charge in [0.2, 0.25) is 5.91 Å². The molecule has 0 unspecified atom stereocenters. The molecule has 0 N–H and O–H groups in total. The molecular weight excluding hydrogens is 445 g/mol. The maximum atomic E-state index is 14.0. The first-order chi connectivity index (χ1) is 17.0. The molecule has 0 radical (unpaired) electrons. The van der Waals surface area contributed by atoms with Crippen LogP contribution in [0.3, 0.4) is 0 Å². The van der Waals surface area contributed by atoms with Crippen molar-refractivity contribution >= 4 is 16.9 Å². The molecule has 2 aromatic carbocycles. The van der Waals surface area contributed by atoms with Crippen LogP contribution in [-0.2, 0) is 17.9 Å². The maximum Gasteiger partial charge on any atom is 0.244 e. The first-order valence-electron chi connectivity index (χ1n) is 11.7. The Hall–Kier alpha value is -3.78. The van der Waals surface area contributed by atoms with Gasteiger partial charge in [0.05, 0.1) is 12.8 Å². The van der Waals surface area contributed by atoms with Gasteiger partial charge in [-0.05, 0) is 42.3 Å². The van der Waals surface area contributed by atoms with Crippen molar-refractivity contribution in [1.29, 1.82) is 0 Å². The van der Waals surface area contributed by atoms with Crippen LogP contribution in [0.15, 0.2) is 60.8 Å². The van der Waals surface area contributed by atoms with Crippen LogP contribution >= 0.6 is 0 Å². The molecule has 1 amide bonds. The average molecular weight is 474 g/mol. The van der Waals surface area contributed by atoms with E-state index in [1.54, 1.807) is 24.1 Å². The van der Waals surface area contributed by atoms with Gasteiger partial charge in [-0.1, -0.05) is 30.3 Å². The van der Waals surface area contributed by atoms with Crippen molar-refractivity contribution in [3.05, 3.63) is 77.9 Å². The number of halogens is 1. The summed E-state index contributed by atoms with van der Waals surface area (Å²) >= 11 is 0. The van der Waals surface area contributed by atoms with Gasteiger partial charge < -0.3 is 9.64 Å². The second kappa shape index (κ2) is 9.84. The lowest BCUT2D eigenvalue weighted by Gasteiger charge is -2.34. The Morgan fingerprint density at radius 2 is 1.77 bits per heavy atom. The van der Waals surface area contributed by atoms with Gasteiger partial charge in [0.25, 0.3) is 0 Å². The molecule has 1 fully saturated rings. The number of methoxy groups -OCH3 is 1. The molecule has 2 aromatic heterocycles. The van der Waals surface area contributed by atoms with E-state index in [1.165, 1.54) is 6.07 Å². The number of fused-ring (bicyclic) bond motifs is 1. The van der Waals surface area contributed by atoms with E-state index >= 15 is 0 Å². The zero-order chi connectivity index (χ0) is 24.4. The van der Waals surface area contributed by atoms with Crippen LogP contribution in [0.2, 0.25) is 0 Å². The number of carbonyl (C=O) groups excluding carboxylic acids is 1. The van der Waals surface area contributed by atoms with Crippen molar-refractivity contribution in [2.45, 2.75) is 20.0 Å². The van der Waals surface area contributed by atoms with E-state index < -0.39 is 0 Å². The fraction of sp³-hybridized carbons (Fsp3) is 0.296. The van der Waals surface area contributed by atoms with E-state index in [9.17, 15) is 9.18 Å². The lowest BCUT2D eigenvalue weighted by molar-refractivity contribution is -0.133. The minimum Gasteiger partial charge on any atom is -0.497 e. The van der Waals surface area contributed by atoms with E-state index in [1.807, 2.05) is 54.3 Å². The molecule has 35 heavy (non-hydrogen) atoms. The fourth-order valence-corrected chi connectivity index (χ4v) is 4.65. The minimum absolute atomic E-state index is 0.0107. The summed E-state index contributed by atoms with van der Waals surface area (Å²) in [6.07, 6.45) is 1.76. The highest BCUT2D eigenvalue weighted by Crippen LogP contribution is 2.31. The van der Waals surface area contributed by atoms with Gasteiger partial charge in [0.15, 0.2) is 5.65 Å². The summed E-state index contributed by atoms with van der Waals surface area (Å²) in [4.78, 5) is 21.7. The number of hydrogen-bond acceptors (Lipinski definition) is 5. The van der Waals surface area contributed by atoms with Gasteiger partial charge >= 0.3 is 0 Å². The van der Waals surface area contributed by atoms with Crippen LogP contribution in [0.1, 0.15) is 11.3 Å². The quantitative estimate of drug-likeness (QED) is 0.425. The van der Waals surface area contributed by atoms with Crippen molar-refractivity contribution in [3.8, 4) is 16.9 Å². The fourth-order valence-electron chi connectivity index (χ4n) is 4.65. The Labute approximate surface area is 203 Å². The summed E-state index contributed by atoms with van der Waals surface area (Å²) in [5, 5.41) is 5.60. The van der Waals surface area contributed by atoms with E-state index in [4.69, 9.17) is 4.74 Å². The molecule has 5 rings (SSSR count). The number of aromatic nitrogens is 3. The summed E-state index contributed by atoms with van der Waals surface area (Å²) in [5.41, 5.74) is 4.28. The molecular formula is C27H28FN5O2. The average Bonchev–Trinajstić information content (AvgIpc) is 3.21. The number of carbonyl (C=O) groups is 1. The van der Waals surface area contributed by atoms with Crippen LogP contribution in [0, 0.1) is 12.7 Å². The number of hydrogen-bond donors (Lipinski definition) is 0. The third-order valence-electron chi connectivity index (χ3n) is 6.57.